The molecule has 0 aliphatic rings. The second-order valence-electron chi connectivity index (χ2n) is 10.4. The first-order valence-electron chi connectivity index (χ1n) is 14.5. The van der Waals surface area contributed by atoms with Gasteiger partial charge in [-0.1, -0.05) is 115 Å². The summed E-state index contributed by atoms with van der Waals surface area (Å²) in [5.41, 5.74) is 1.59. The molecule has 0 heterocycles. The van der Waals surface area contributed by atoms with Gasteiger partial charge in [0.25, 0.3) is 10.0 Å². The molecule has 2 amide bonds. The van der Waals surface area contributed by atoms with Crippen LogP contribution in [0.4, 0.5) is 5.69 Å². The second kappa shape index (κ2) is 16.1. The third-order valence-corrected chi connectivity index (χ3v) is 10.1. The standard InChI is InChI=1S/C34H34Cl3N3O4S/c1-2-3-20-38-34(42)32(21-25-12-6-4-7-13-25)39(23-26-14-10-11-17-29(26)35)33(41)24-40(27-18-19-30(36)31(37)22-27)45(43,44)28-15-8-5-9-16-28/h4-19,22,32H,2-3,20-21,23-24H2,1H3,(H,38,42)/t32-/m0/s1. The molecule has 0 aliphatic heterocycles. The van der Waals surface area contributed by atoms with E-state index in [1.165, 1.54) is 35.2 Å². The van der Waals surface area contributed by atoms with E-state index in [4.69, 9.17) is 34.8 Å². The van der Waals surface area contributed by atoms with Crippen LogP contribution in [0.5, 0.6) is 0 Å². The minimum Gasteiger partial charge on any atom is -0.354 e. The lowest BCUT2D eigenvalue weighted by Crippen LogP contribution is -2.53. The SMILES string of the molecule is CCCCNC(=O)[C@H](Cc1ccccc1)N(Cc1ccccc1Cl)C(=O)CN(c1ccc(Cl)c(Cl)c1)S(=O)(=O)c1ccccc1. The van der Waals surface area contributed by atoms with Gasteiger partial charge < -0.3 is 10.2 Å². The molecular formula is C34H34Cl3N3O4S. The summed E-state index contributed by atoms with van der Waals surface area (Å²) in [6, 6.07) is 27.6. The van der Waals surface area contributed by atoms with E-state index in [0.717, 1.165) is 22.7 Å². The number of carbonyl (C=O) groups excluding carboxylic acids is 2. The highest BCUT2D eigenvalue weighted by molar-refractivity contribution is 7.92. The van der Waals surface area contributed by atoms with Crippen molar-refractivity contribution in [2.24, 2.45) is 0 Å². The monoisotopic (exact) mass is 685 g/mol. The zero-order chi connectivity index (χ0) is 32.4. The van der Waals surface area contributed by atoms with Crippen LogP contribution in [0.3, 0.4) is 0 Å². The van der Waals surface area contributed by atoms with Crippen LogP contribution < -0.4 is 9.62 Å². The molecule has 0 saturated heterocycles. The summed E-state index contributed by atoms with van der Waals surface area (Å²) in [7, 11) is -4.26. The van der Waals surface area contributed by atoms with Crippen molar-refractivity contribution in [1.82, 2.24) is 10.2 Å². The Hall–Kier alpha value is -3.56. The molecule has 0 aromatic heterocycles. The van der Waals surface area contributed by atoms with E-state index in [1.54, 1.807) is 42.5 Å². The summed E-state index contributed by atoms with van der Waals surface area (Å²) in [6.07, 6.45) is 1.84. The lowest BCUT2D eigenvalue weighted by Gasteiger charge is -2.34. The molecule has 1 atom stereocenters. The molecule has 0 radical (unpaired) electrons. The molecule has 0 fully saturated rings. The van der Waals surface area contributed by atoms with E-state index in [9.17, 15) is 18.0 Å². The van der Waals surface area contributed by atoms with Crippen molar-refractivity contribution in [3.63, 3.8) is 0 Å². The van der Waals surface area contributed by atoms with Crippen LogP contribution in [-0.4, -0.2) is 44.3 Å². The molecule has 7 nitrogen and oxygen atoms in total. The van der Waals surface area contributed by atoms with Gasteiger partial charge in [-0.05, 0) is 53.9 Å². The number of hydrogen-bond donors (Lipinski definition) is 1. The number of halogens is 3. The number of sulfonamides is 1. The number of benzene rings is 4. The zero-order valence-corrected chi connectivity index (χ0v) is 27.8. The summed E-state index contributed by atoms with van der Waals surface area (Å²) in [4.78, 5) is 29.7. The Labute approximate surface area is 279 Å². The van der Waals surface area contributed by atoms with Gasteiger partial charge in [0, 0.05) is 24.5 Å². The largest absolute Gasteiger partial charge is 0.354 e. The maximum atomic E-state index is 14.5. The summed E-state index contributed by atoms with van der Waals surface area (Å²) in [5, 5.41) is 3.74. The first kappa shape index (κ1) is 34.3. The summed E-state index contributed by atoms with van der Waals surface area (Å²) < 4.78 is 29.1. The zero-order valence-electron chi connectivity index (χ0n) is 24.7. The number of anilines is 1. The lowest BCUT2D eigenvalue weighted by molar-refractivity contribution is -0.140. The Kier molecular flexibility index (Phi) is 12.3. The molecular weight excluding hydrogens is 653 g/mol. The average Bonchev–Trinajstić information content (AvgIpc) is 3.04. The van der Waals surface area contributed by atoms with Crippen molar-refractivity contribution in [3.05, 3.63) is 129 Å². The fourth-order valence-corrected chi connectivity index (χ4v) is 6.67. The Balaban J connectivity index is 1.81. The van der Waals surface area contributed by atoms with Gasteiger partial charge in [-0.15, -0.1) is 0 Å². The third kappa shape index (κ3) is 9.01. The molecule has 0 spiro atoms. The summed E-state index contributed by atoms with van der Waals surface area (Å²) >= 11 is 19.0. The number of rotatable bonds is 14. The van der Waals surface area contributed by atoms with Crippen molar-refractivity contribution in [1.29, 1.82) is 0 Å². The third-order valence-electron chi connectivity index (χ3n) is 7.20. The topological polar surface area (TPSA) is 86.8 Å². The number of unbranched alkanes of at least 4 members (excludes halogenated alkanes) is 1. The fraction of sp³-hybridized carbons (Fsp3) is 0.235. The van der Waals surface area contributed by atoms with Crippen LogP contribution in [0, 0.1) is 0 Å². The van der Waals surface area contributed by atoms with E-state index < -0.39 is 28.5 Å². The van der Waals surface area contributed by atoms with E-state index in [-0.39, 0.29) is 39.5 Å². The maximum absolute atomic E-state index is 14.5. The van der Waals surface area contributed by atoms with Crippen molar-refractivity contribution in [3.8, 4) is 0 Å². The highest BCUT2D eigenvalue weighted by atomic mass is 35.5. The first-order valence-corrected chi connectivity index (χ1v) is 17.1. The number of amides is 2. The predicted octanol–water partition coefficient (Wildman–Crippen LogP) is 7.40. The van der Waals surface area contributed by atoms with E-state index in [0.29, 0.717) is 17.1 Å². The molecule has 0 saturated carbocycles. The molecule has 4 rings (SSSR count). The fourth-order valence-electron chi connectivity index (χ4n) is 4.76. The first-order chi connectivity index (χ1) is 21.6. The van der Waals surface area contributed by atoms with Crippen LogP contribution in [0.2, 0.25) is 15.1 Å². The Morgan fingerprint density at radius 1 is 0.800 bits per heavy atom. The van der Waals surface area contributed by atoms with Crippen LogP contribution in [-0.2, 0) is 32.6 Å². The number of hydrogen-bond acceptors (Lipinski definition) is 4. The normalized spacial score (nSPS) is 11.9. The Bertz CT molecular complexity index is 1710. The molecule has 45 heavy (non-hydrogen) atoms. The van der Waals surface area contributed by atoms with Gasteiger partial charge in [0.05, 0.1) is 20.6 Å². The van der Waals surface area contributed by atoms with Crippen LogP contribution >= 0.6 is 34.8 Å². The Morgan fingerprint density at radius 2 is 1.44 bits per heavy atom. The van der Waals surface area contributed by atoms with Gasteiger partial charge >= 0.3 is 0 Å². The predicted molar refractivity (Wildman–Crippen MR) is 181 cm³/mol. The Morgan fingerprint density at radius 3 is 2.09 bits per heavy atom. The molecule has 236 valence electrons. The molecule has 1 N–H and O–H groups in total. The maximum Gasteiger partial charge on any atom is 0.264 e. The van der Waals surface area contributed by atoms with Crippen LogP contribution in [0.1, 0.15) is 30.9 Å². The van der Waals surface area contributed by atoms with Crippen molar-refractivity contribution < 1.29 is 18.0 Å². The highest BCUT2D eigenvalue weighted by Crippen LogP contribution is 2.31. The van der Waals surface area contributed by atoms with E-state index in [1.807, 2.05) is 37.3 Å². The van der Waals surface area contributed by atoms with Crippen LogP contribution in [0.25, 0.3) is 0 Å². The molecule has 0 aliphatic carbocycles. The summed E-state index contributed by atoms with van der Waals surface area (Å²) in [6.45, 7) is 1.81. The molecule has 4 aromatic rings. The quantitative estimate of drug-likeness (QED) is 0.140. The molecule has 0 unspecified atom stereocenters. The highest BCUT2D eigenvalue weighted by Gasteiger charge is 2.35. The minimum atomic E-state index is -4.26. The van der Waals surface area contributed by atoms with Gasteiger partial charge in [0.15, 0.2) is 0 Å². The van der Waals surface area contributed by atoms with Gasteiger partial charge in [0.2, 0.25) is 11.8 Å². The number of nitrogens with one attached hydrogen (secondary N) is 1. The van der Waals surface area contributed by atoms with Gasteiger partial charge in [-0.2, -0.15) is 0 Å². The van der Waals surface area contributed by atoms with Crippen molar-refractivity contribution in [2.75, 3.05) is 17.4 Å². The van der Waals surface area contributed by atoms with Crippen molar-refractivity contribution >= 4 is 62.3 Å². The van der Waals surface area contributed by atoms with Crippen molar-refractivity contribution in [2.45, 2.75) is 43.7 Å². The average molecular weight is 687 g/mol. The van der Waals surface area contributed by atoms with Gasteiger partial charge in [-0.25, -0.2) is 8.42 Å². The minimum absolute atomic E-state index is 0.0142. The molecule has 11 heteroatoms. The molecule has 4 aromatic carbocycles. The molecule has 0 bridgehead atoms. The van der Waals surface area contributed by atoms with E-state index >= 15 is 0 Å². The second-order valence-corrected chi connectivity index (χ2v) is 13.5. The summed E-state index contributed by atoms with van der Waals surface area (Å²) in [5.74, 6) is -0.952. The smallest absolute Gasteiger partial charge is 0.264 e. The number of carbonyl (C=O) groups is 2. The number of nitrogens with zero attached hydrogens (tertiary/aromatic N) is 2. The van der Waals surface area contributed by atoms with Gasteiger partial charge in [-0.3, -0.25) is 13.9 Å². The van der Waals surface area contributed by atoms with Gasteiger partial charge in [0.1, 0.15) is 12.6 Å². The lowest BCUT2D eigenvalue weighted by atomic mass is 10.0. The van der Waals surface area contributed by atoms with Crippen LogP contribution in [0.15, 0.2) is 108 Å². The van der Waals surface area contributed by atoms with E-state index in [2.05, 4.69) is 5.32 Å².